The second-order valence-electron chi connectivity index (χ2n) is 8.04. The zero-order valence-corrected chi connectivity index (χ0v) is 19.9. The first-order valence-electron chi connectivity index (χ1n) is 10.2. The van der Waals surface area contributed by atoms with Crippen LogP contribution >= 0.6 is 23.2 Å². The first-order chi connectivity index (χ1) is 16.7. The Labute approximate surface area is 210 Å². The van der Waals surface area contributed by atoms with Crippen molar-refractivity contribution in [1.29, 1.82) is 0 Å². The molecule has 9 nitrogen and oxygen atoms in total. The van der Waals surface area contributed by atoms with E-state index in [0.29, 0.717) is 30.6 Å². The van der Waals surface area contributed by atoms with Gasteiger partial charge in [-0.1, -0.05) is 23.2 Å². The minimum atomic E-state index is -5.08. The Kier molecular flexibility index (Phi) is 8.04. The molecule has 4 N–H and O–H groups in total. The number of rotatable bonds is 2. The molecule has 0 aliphatic carbocycles. The first-order valence-corrected chi connectivity index (χ1v) is 11.0. The van der Waals surface area contributed by atoms with Crippen molar-refractivity contribution in [3.8, 4) is 22.8 Å². The number of likely N-dealkylation sites (tertiary alicyclic amines) is 1. The number of aliphatic hydroxyl groups excluding tert-OH is 1. The predicted octanol–water partition coefficient (Wildman–Crippen LogP) is 3.99. The number of aromatic nitrogens is 1. The number of phenols is 2. The van der Waals surface area contributed by atoms with Crippen molar-refractivity contribution in [3.63, 3.8) is 0 Å². The molecule has 0 unspecified atom stereocenters. The van der Waals surface area contributed by atoms with Gasteiger partial charge in [-0.25, -0.2) is 9.78 Å². The van der Waals surface area contributed by atoms with Gasteiger partial charge in [-0.3, -0.25) is 4.79 Å². The van der Waals surface area contributed by atoms with Crippen LogP contribution in [0.1, 0.15) is 17.9 Å². The van der Waals surface area contributed by atoms with Gasteiger partial charge in [0.2, 0.25) is 0 Å². The number of hydrogen-bond donors (Lipinski definition) is 4. The number of phenolic OH excluding ortho intramolecular Hbond substituents is 2. The van der Waals surface area contributed by atoms with Crippen LogP contribution in [0.15, 0.2) is 33.5 Å². The standard InChI is InChI=1S/C20H18Cl2N2O5.C2HF3O2/c1-24-3-2-10(14(28)8-24)18-11(25)6-12(26)19-13(27)7-15(29-20(18)19)9-4-16(21)23-17(22)5-9;3-2(4,5)1(6)7/h4-7,10,14,25-26,28H,2-3,8H2,1H3;(H,6,7)/t10-,14+;/m0./s1. The summed E-state index contributed by atoms with van der Waals surface area (Å²) in [5, 5.41) is 38.8. The molecular formula is C22H19Cl2F3N2O7. The maximum absolute atomic E-state index is 12.8. The number of pyridine rings is 1. The predicted molar refractivity (Wildman–Crippen MR) is 124 cm³/mol. The molecule has 36 heavy (non-hydrogen) atoms. The lowest BCUT2D eigenvalue weighted by atomic mass is 9.85. The highest BCUT2D eigenvalue weighted by Gasteiger charge is 2.38. The first kappa shape index (κ1) is 27.5. The topological polar surface area (TPSA) is 144 Å². The SMILES string of the molecule is CN1CC[C@H](c2c(O)cc(O)c3c(=O)cc(-c4cc(Cl)nc(Cl)c4)oc23)[C@H](O)C1.O=C(O)C(F)(F)F. The van der Waals surface area contributed by atoms with E-state index < -0.39 is 35.3 Å². The van der Waals surface area contributed by atoms with E-state index in [4.69, 9.17) is 37.5 Å². The number of halogens is 5. The number of aliphatic hydroxyl groups is 1. The molecule has 3 heterocycles. The average Bonchev–Trinajstić information content (AvgIpc) is 2.73. The fourth-order valence-electron chi connectivity index (χ4n) is 3.86. The molecule has 0 bridgehead atoms. The Morgan fingerprint density at radius 1 is 1.14 bits per heavy atom. The summed E-state index contributed by atoms with van der Waals surface area (Å²) in [6.07, 6.45) is -5.31. The second-order valence-corrected chi connectivity index (χ2v) is 8.81. The summed E-state index contributed by atoms with van der Waals surface area (Å²) >= 11 is 11.9. The molecule has 2 atom stereocenters. The van der Waals surface area contributed by atoms with Crippen molar-refractivity contribution >= 4 is 40.1 Å². The molecule has 1 aliphatic heterocycles. The molecule has 1 fully saturated rings. The number of carbonyl (C=O) groups is 1. The van der Waals surface area contributed by atoms with Crippen LogP contribution in [0.2, 0.25) is 10.3 Å². The molecule has 0 amide bonds. The van der Waals surface area contributed by atoms with Crippen LogP contribution < -0.4 is 5.43 Å². The summed E-state index contributed by atoms with van der Waals surface area (Å²) < 4.78 is 37.7. The number of likely N-dealkylation sites (N-methyl/N-ethyl adjacent to an activating group) is 1. The van der Waals surface area contributed by atoms with E-state index in [1.807, 2.05) is 11.9 Å². The van der Waals surface area contributed by atoms with Gasteiger partial charge in [0.05, 0.1) is 6.10 Å². The lowest BCUT2D eigenvalue weighted by Crippen LogP contribution is -2.40. The van der Waals surface area contributed by atoms with Gasteiger partial charge < -0.3 is 29.7 Å². The van der Waals surface area contributed by atoms with Crippen LogP contribution in [-0.2, 0) is 4.79 Å². The van der Waals surface area contributed by atoms with Gasteiger partial charge in [-0.2, -0.15) is 13.2 Å². The molecule has 0 saturated carbocycles. The Morgan fingerprint density at radius 2 is 1.72 bits per heavy atom. The van der Waals surface area contributed by atoms with Gasteiger partial charge in [0, 0.05) is 35.7 Å². The van der Waals surface area contributed by atoms with Gasteiger partial charge in [-0.05, 0) is 32.1 Å². The normalized spacial score (nSPS) is 18.5. The zero-order valence-electron chi connectivity index (χ0n) is 18.4. The largest absolute Gasteiger partial charge is 0.507 e. The van der Waals surface area contributed by atoms with Crippen LogP contribution in [0.25, 0.3) is 22.3 Å². The Bertz CT molecular complexity index is 1340. The molecule has 1 saturated heterocycles. The van der Waals surface area contributed by atoms with Gasteiger partial charge in [0.1, 0.15) is 38.5 Å². The van der Waals surface area contributed by atoms with Crippen LogP contribution in [-0.4, -0.2) is 68.7 Å². The fourth-order valence-corrected chi connectivity index (χ4v) is 4.32. The summed E-state index contributed by atoms with van der Waals surface area (Å²) in [6, 6.07) is 5.31. The molecular weight excluding hydrogens is 532 g/mol. The molecule has 0 spiro atoms. The highest BCUT2D eigenvalue weighted by Crippen LogP contribution is 2.42. The maximum Gasteiger partial charge on any atom is 0.490 e. The number of aromatic hydroxyl groups is 2. The van der Waals surface area contributed by atoms with E-state index in [1.165, 1.54) is 18.2 Å². The second kappa shape index (κ2) is 10.5. The van der Waals surface area contributed by atoms with Gasteiger partial charge in [0.15, 0.2) is 5.43 Å². The zero-order chi connectivity index (χ0) is 26.9. The number of nitrogens with zero attached hydrogens (tertiary/aromatic N) is 2. The quantitative estimate of drug-likeness (QED) is 0.348. The summed E-state index contributed by atoms with van der Waals surface area (Å²) in [4.78, 5) is 27.5. The van der Waals surface area contributed by atoms with E-state index in [1.54, 1.807) is 0 Å². The van der Waals surface area contributed by atoms with Crippen molar-refractivity contribution in [2.24, 2.45) is 0 Å². The third-order valence-electron chi connectivity index (χ3n) is 5.44. The van der Waals surface area contributed by atoms with E-state index >= 15 is 0 Å². The Hall–Kier alpha value is -3.06. The number of piperidine rings is 1. The van der Waals surface area contributed by atoms with Crippen molar-refractivity contribution < 1.29 is 42.8 Å². The minimum absolute atomic E-state index is 0.0302. The molecule has 14 heteroatoms. The molecule has 1 aliphatic rings. The average molecular weight is 551 g/mol. The fraction of sp³-hybridized carbons (Fsp3) is 0.318. The number of alkyl halides is 3. The summed E-state index contributed by atoms with van der Waals surface area (Å²) in [7, 11) is 1.89. The molecule has 3 aromatic rings. The lowest BCUT2D eigenvalue weighted by molar-refractivity contribution is -0.192. The lowest BCUT2D eigenvalue weighted by Gasteiger charge is -2.34. The Morgan fingerprint density at radius 3 is 2.25 bits per heavy atom. The van der Waals surface area contributed by atoms with E-state index in [-0.39, 0.29) is 32.8 Å². The summed E-state index contributed by atoms with van der Waals surface area (Å²) in [5.41, 5.74) is 0.254. The highest BCUT2D eigenvalue weighted by atomic mass is 35.5. The number of fused-ring (bicyclic) bond motifs is 1. The summed E-state index contributed by atoms with van der Waals surface area (Å²) in [5.74, 6) is -3.70. The smallest absolute Gasteiger partial charge is 0.490 e. The van der Waals surface area contributed by atoms with Crippen molar-refractivity contribution in [2.75, 3.05) is 20.1 Å². The minimum Gasteiger partial charge on any atom is -0.507 e. The molecule has 1 aromatic carbocycles. The number of hydrogen-bond acceptors (Lipinski definition) is 8. The monoisotopic (exact) mass is 550 g/mol. The van der Waals surface area contributed by atoms with Crippen LogP contribution in [0, 0.1) is 0 Å². The third kappa shape index (κ3) is 6.01. The van der Waals surface area contributed by atoms with Crippen molar-refractivity contribution in [2.45, 2.75) is 24.6 Å². The number of benzene rings is 1. The third-order valence-corrected chi connectivity index (χ3v) is 5.83. The Balaban J connectivity index is 0.000000454. The molecule has 2 aromatic heterocycles. The number of carboxylic acids is 1. The van der Waals surface area contributed by atoms with Gasteiger partial charge in [0.25, 0.3) is 0 Å². The highest BCUT2D eigenvalue weighted by molar-refractivity contribution is 6.32. The number of β-amino-alcohol motifs (C(OH)–C–C–N with tert-alkyl or cyclic N) is 1. The maximum atomic E-state index is 12.8. The number of aliphatic carboxylic acids is 1. The van der Waals surface area contributed by atoms with E-state index in [9.17, 15) is 33.3 Å². The van der Waals surface area contributed by atoms with Gasteiger partial charge in [-0.15, -0.1) is 0 Å². The molecule has 0 radical (unpaired) electrons. The van der Waals surface area contributed by atoms with Crippen molar-refractivity contribution in [3.05, 3.63) is 50.4 Å². The molecule has 4 rings (SSSR count). The van der Waals surface area contributed by atoms with Gasteiger partial charge >= 0.3 is 12.1 Å². The van der Waals surface area contributed by atoms with E-state index in [2.05, 4.69) is 4.98 Å². The van der Waals surface area contributed by atoms with Crippen LogP contribution in [0.5, 0.6) is 11.5 Å². The van der Waals surface area contributed by atoms with Crippen LogP contribution in [0.3, 0.4) is 0 Å². The van der Waals surface area contributed by atoms with Crippen LogP contribution in [0.4, 0.5) is 13.2 Å². The molecule has 194 valence electrons. The summed E-state index contributed by atoms with van der Waals surface area (Å²) in [6.45, 7) is 1.11. The number of carboxylic acid groups (broad SMARTS) is 1. The van der Waals surface area contributed by atoms with E-state index in [0.717, 1.165) is 6.07 Å². The van der Waals surface area contributed by atoms with Crippen molar-refractivity contribution in [1.82, 2.24) is 9.88 Å².